The van der Waals surface area contributed by atoms with Crippen LogP contribution in [0.15, 0.2) is 0 Å². The molecule has 0 aliphatic carbocycles. The van der Waals surface area contributed by atoms with E-state index in [1.807, 2.05) is 0 Å². The second-order valence-electron chi connectivity index (χ2n) is 2.21. The van der Waals surface area contributed by atoms with Gasteiger partial charge in [0.1, 0.15) is 0 Å². The summed E-state index contributed by atoms with van der Waals surface area (Å²) in [7, 11) is 0. The van der Waals surface area contributed by atoms with Gasteiger partial charge in [-0.3, -0.25) is 4.74 Å². The van der Waals surface area contributed by atoms with Crippen molar-refractivity contribution in [3.05, 3.63) is 0 Å². The summed E-state index contributed by atoms with van der Waals surface area (Å²) in [6.07, 6.45) is -5.39. The molecule has 3 nitrogen and oxygen atoms in total. The van der Waals surface area contributed by atoms with Gasteiger partial charge < -0.3 is 5.11 Å². The first-order chi connectivity index (χ1) is 5.61. The second-order valence-corrected chi connectivity index (χ2v) is 2.21. The lowest BCUT2D eigenvalue weighted by atomic mass is 10.1. The molecule has 0 saturated carbocycles. The Morgan fingerprint density at radius 1 is 1.38 bits per heavy atom. The average molecular weight is 208 g/mol. The first-order valence-electron chi connectivity index (χ1n) is 2.87. The van der Waals surface area contributed by atoms with Crippen LogP contribution in [-0.2, 0) is 9.53 Å². The molecular weight excluding hydrogens is 203 g/mol. The largest absolute Gasteiger partial charge is 0.479 e. The van der Waals surface area contributed by atoms with Crippen LogP contribution in [0.5, 0.6) is 0 Å². The van der Waals surface area contributed by atoms with Gasteiger partial charge in [-0.15, -0.1) is 0 Å². The van der Waals surface area contributed by atoms with E-state index in [1.54, 1.807) is 0 Å². The summed E-state index contributed by atoms with van der Waals surface area (Å²) in [6.45, 7) is -3.79. The van der Waals surface area contributed by atoms with Crippen LogP contribution in [0.3, 0.4) is 0 Å². The maximum atomic E-state index is 11.9. The van der Waals surface area contributed by atoms with Gasteiger partial charge >= 0.3 is 18.8 Å². The molecule has 0 saturated heterocycles. The number of alkyl halides is 5. The molecule has 1 N–H and O–H groups in total. The third-order valence-electron chi connectivity index (χ3n) is 1.27. The van der Waals surface area contributed by atoms with Crippen LogP contribution < -0.4 is 0 Å². The molecule has 0 aromatic carbocycles. The molecule has 0 spiro atoms. The molecule has 78 valence electrons. The highest BCUT2D eigenvalue weighted by molar-refractivity contribution is 5.78. The van der Waals surface area contributed by atoms with Gasteiger partial charge in [0.05, 0.1) is 0 Å². The molecule has 0 amide bonds. The summed E-state index contributed by atoms with van der Waals surface area (Å²) in [5, 5.41) is 8.04. The van der Waals surface area contributed by atoms with E-state index >= 15 is 0 Å². The quantitative estimate of drug-likeness (QED) is 0.717. The van der Waals surface area contributed by atoms with E-state index < -0.39 is 24.4 Å². The fraction of sp³-hybridized carbons (Fsp3) is 0.800. The van der Waals surface area contributed by atoms with Crippen LogP contribution in [0.2, 0.25) is 0 Å². The maximum Gasteiger partial charge on any atom is 0.428 e. The highest BCUT2D eigenvalue weighted by Crippen LogP contribution is 2.34. The smallest absolute Gasteiger partial charge is 0.428 e. The molecule has 0 radical (unpaired) electrons. The maximum absolute atomic E-state index is 11.9. The Balaban J connectivity index is 4.85. The Morgan fingerprint density at radius 3 is 1.85 bits per heavy atom. The molecule has 0 aliphatic heterocycles. The number of halogens is 5. The van der Waals surface area contributed by atoms with E-state index in [-0.39, 0.29) is 6.92 Å². The van der Waals surface area contributed by atoms with Crippen molar-refractivity contribution in [1.29, 1.82) is 0 Å². The summed E-state index contributed by atoms with van der Waals surface area (Å²) < 4.78 is 61.5. The number of ether oxygens (including phenoxy) is 1. The fourth-order valence-electron chi connectivity index (χ4n) is 0.417. The Hall–Kier alpha value is -0.920. The topological polar surface area (TPSA) is 46.5 Å². The van der Waals surface area contributed by atoms with E-state index in [0.717, 1.165) is 0 Å². The molecule has 0 aromatic heterocycles. The van der Waals surface area contributed by atoms with Crippen molar-refractivity contribution in [2.75, 3.05) is 0 Å². The van der Waals surface area contributed by atoms with Crippen LogP contribution in [0.25, 0.3) is 0 Å². The Kier molecular flexibility index (Phi) is 3.20. The molecule has 13 heavy (non-hydrogen) atoms. The summed E-state index contributed by atoms with van der Waals surface area (Å²) in [5.41, 5.74) is -3.87. The third kappa shape index (κ3) is 2.51. The van der Waals surface area contributed by atoms with Gasteiger partial charge in [-0.2, -0.15) is 22.0 Å². The summed E-state index contributed by atoms with van der Waals surface area (Å²) in [5.74, 6) is -2.51. The number of hydrogen-bond donors (Lipinski definition) is 1. The van der Waals surface area contributed by atoms with Crippen molar-refractivity contribution in [2.24, 2.45) is 0 Å². The van der Waals surface area contributed by atoms with E-state index in [2.05, 4.69) is 4.74 Å². The highest BCUT2D eigenvalue weighted by Gasteiger charge is 2.60. The zero-order chi connectivity index (χ0) is 10.9. The van der Waals surface area contributed by atoms with Crippen molar-refractivity contribution in [2.45, 2.75) is 25.3 Å². The summed E-state index contributed by atoms with van der Waals surface area (Å²) in [6, 6.07) is 0. The number of carboxylic acids is 1. The van der Waals surface area contributed by atoms with Gasteiger partial charge in [-0.25, -0.2) is 4.79 Å². The Bertz CT molecular complexity index is 201. The Labute approximate surface area is 69.1 Å². The summed E-state index contributed by atoms with van der Waals surface area (Å²) in [4.78, 5) is 10.0. The van der Waals surface area contributed by atoms with Crippen molar-refractivity contribution in [3.63, 3.8) is 0 Å². The second kappa shape index (κ2) is 3.44. The van der Waals surface area contributed by atoms with Gasteiger partial charge in [0.15, 0.2) is 0 Å². The zero-order valence-corrected chi connectivity index (χ0v) is 6.23. The number of carboxylic acid groups (broad SMARTS) is 1. The van der Waals surface area contributed by atoms with Crippen LogP contribution >= 0.6 is 0 Å². The lowest BCUT2D eigenvalue weighted by Crippen LogP contribution is -2.52. The molecule has 0 rings (SSSR count). The number of aliphatic carboxylic acids is 1. The van der Waals surface area contributed by atoms with Crippen LogP contribution in [0.1, 0.15) is 6.92 Å². The standard InChI is InChI=1S/C5H5F5O3/c1-4(2(11)12,5(8,9)10)13-3(6)7/h3H,1H3,(H,11,12)/t4-/m1/s1. The lowest BCUT2D eigenvalue weighted by molar-refractivity contribution is -0.313. The molecule has 1 atom stereocenters. The monoisotopic (exact) mass is 208 g/mol. The van der Waals surface area contributed by atoms with Crippen LogP contribution in [0, 0.1) is 0 Å². The minimum Gasteiger partial charge on any atom is -0.479 e. The Morgan fingerprint density at radius 2 is 1.77 bits per heavy atom. The molecule has 0 aromatic rings. The SMILES string of the molecule is C[C@@](OC(F)F)(C(=O)O)C(F)(F)F. The predicted octanol–water partition coefficient (Wildman–Crippen LogP) is 1.63. The molecule has 0 bridgehead atoms. The van der Waals surface area contributed by atoms with Gasteiger partial charge in [0.25, 0.3) is 5.60 Å². The van der Waals surface area contributed by atoms with E-state index in [1.165, 1.54) is 0 Å². The van der Waals surface area contributed by atoms with E-state index in [9.17, 15) is 26.7 Å². The fourth-order valence-corrected chi connectivity index (χ4v) is 0.417. The molecule has 0 heterocycles. The van der Waals surface area contributed by atoms with Crippen molar-refractivity contribution < 1.29 is 36.6 Å². The minimum atomic E-state index is -5.39. The first kappa shape index (κ1) is 12.1. The van der Waals surface area contributed by atoms with Gasteiger partial charge in [0.2, 0.25) is 0 Å². The van der Waals surface area contributed by atoms with Crippen LogP contribution in [-0.4, -0.2) is 29.5 Å². The van der Waals surface area contributed by atoms with E-state index in [4.69, 9.17) is 5.11 Å². The third-order valence-corrected chi connectivity index (χ3v) is 1.27. The molecule has 0 fully saturated rings. The number of hydrogen-bond acceptors (Lipinski definition) is 2. The zero-order valence-electron chi connectivity index (χ0n) is 6.23. The summed E-state index contributed by atoms with van der Waals surface area (Å²) >= 11 is 0. The van der Waals surface area contributed by atoms with E-state index in [0.29, 0.717) is 0 Å². The number of rotatable bonds is 3. The lowest BCUT2D eigenvalue weighted by Gasteiger charge is -2.26. The average Bonchev–Trinajstić information content (AvgIpc) is 1.82. The minimum absolute atomic E-state index is 0.0154. The van der Waals surface area contributed by atoms with Gasteiger partial charge in [-0.05, 0) is 6.92 Å². The van der Waals surface area contributed by atoms with Gasteiger partial charge in [-0.1, -0.05) is 0 Å². The normalized spacial score (nSPS) is 17.2. The predicted molar refractivity (Wildman–Crippen MR) is 29.2 cm³/mol. The van der Waals surface area contributed by atoms with Crippen molar-refractivity contribution in [1.82, 2.24) is 0 Å². The molecule has 0 aliphatic rings. The first-order valence-corrected chi connectivity index (χ1v) is 2.87. The van der Waals surface area contributed by atoms with Gasteiger partial charge in [0, 0.05) is 0 Å². The van der Waals surface area contributed by atoms with Crippen molar-refractivity contribution in [3.8, 4) is 0 Å². The highest BCUT2D eigenvalue weighted by atomic mass is 19.4. The molecular formula is C5H5F5O3. The molecule has 8 heteroatoms. The number of carbonyl (C=O) groups is 1. The molecule has 0 unspecified atom stereocenters. The van der Waals surface area contributed by atoms with Crippen molar-refractivity contribution >= 4 is 5.97 Å². The van der Waals surface area contributed by atoms with Crippen LogP contribution in [0.4, 0.5) is 22.0 Å².